The monoisotopic (exact) mass is 566 g/mol. The zero-order valence-corrected chi connectivity index (χ0v) is 23.5. The van der Waals surface area contributed by atoms with Crippen LogP contribution in [-0.4, -0.2) is 39.8 Å². The summed E-state index contributed by atoms with van der Waals surface area (Å²) in [5.41, 5.74) is 10.5. The first-order valence-electron chi connectivity index (χ1n) is 13.0. The van der Waals surface area contributed by atoms with Crippen LogP contribution in [0.2, 0.25) is 5.02 Å². The molecule has 0 fully saturated rings. The maximum absolute atomic E-state index is 10.3. The molecule has 0 radical (unpaired) electrons. The van der Waals surface area contributed by atoms with E-state index in [0.717, 1.165) is 16.6 Å². The van der Waals surface area contributed by atoms with E-state index in [4.69, 9.17) is 31.7 Å². The Hall–Kier alpha value is -4.67. The zero-order valence-electron chi connectivity index (χ0n) is 22.7. The lowest BCUT2D eigenvalue weighted by Crippen LogP contribution is -2.18. The summed E-state index contributed by atoms with van der Waals surface area (Å²) in [4.78, 5) is 23.1. The van der Waals surface area contributed by atoms with Crippen LogP contribution >= 0.6 is 11.6 Å². The summed E-state index contributed by atoms with van der Waals surface area (Å²) in [5, 5.41) is 16.2. The third-order valence-electron chi connectivity index (χ3n) is 6.60. The number of halogens is 1. The van der Waals surface area contributed by atoms with E-state index in [1.54, 1.807) is 37.0 Å². The van der Waals surface area contributed by atoms with Crippen molar-refractivity contribution in [3.63, 3.8) is 0 Å². The van der Waals surface area contributed by atoms with Crippen LogP contribution in [0.1, 0.15) is 42.6 Å². The minimum atomic E-state index is -1.04. The van der Waals surface area contributed by atoms with Crippen LogP contribution in [0.25, 0.3) is 33.5 Å². The van der Waals surface area contributed by atoms with Crippen LogP contribution in [0.4, 0.5) is 5.82 Å². The Morgan fingerprint density at radius 1 is 1.00 bits per heavy atom. The van der Waals surface area contributed by atoms with Crippen molar-refractivity contribution < 1.29 is 9.52 Å². The molecule has 0 aliphatic heterocycles. The highest BCUT2D eigenvalue weighted by molar-refractivity contribution is 6.35. The number of fused-ring (bicyclic) bond motifs is 1. The van der Waals surface area contributed by atoms with E-state index in [1.165, 1.54) is 0 Å². The average Bonchev–Trinajstić information content (AvgIpc) is 3.57. The molecule has 0 unspecified atom stereocenters. The number of nitrogen functional groups attached to an aromatic ring is 1. The predicted octanol–water partition coefficient (Wildman–Crippen LogP) is 5.12. The SMILES string of the molecule is Cn1ccc(-c2nc(N)c(Cc3ncc(Cc4cccc(C(C)(C)O)n4)o3)nc2-c2cc(Cl)c3ncccc3c2)n1. The Morgan fingerprint density at radius 2 is 1.85 bits per heavy atom. The minimum Gasteiger partial charge on any atom is -0.445 e. The Balaban J connectivity index is 1.36. The quantitative estimate of drug-likeness (QED) is 0.269. The molecule has 5 heterocycles. The highest BCUT2D eigenvalue weighted by atomic mass is 35.5. The molecule has 0 saturated heterocycles. The number of benzene rings is 1. The molecule has 10 nitrogen and oxygen atoms in total. The summed E-state index contributed by atoms with van der Waals surface area (Å²) in [6, 6.07) is 15.0. The lowest BCUT2D eigenvalue weighted by atomic mass is 10.0. The fraction of sp³-hybridized carbons (Fsp3) is 0.200. The van der Waals surface area contributed by atoms with Gasteiger partial charge in [-0.05, 0) is 50.2 Å². The van der Waals surface area contributed by atoms with Gasteiger partial charge >= 0.3 is 0 Å². The smallest absolute Gasteiger partial charge is 0.200 e. The Kier molecular flexibility index (Phi) is 6.72. The third-order valence-corrected chi connectivity index (χ3v) is 6.88. The van der Waals surface area contributed by atoms with Crippen molar-refractivity contribution in [2.45, 2.75) is 32.3 Å². The summed E-state index contributed by atoms with van der Waals surface area (Å²) in [5.74, 6) is 1.32. The zero-order chi connectivity index (χ0) is 28.7. The van der Waals surface area contributed by atoms with Gasteiger partial charge in [0.2, 0.25) is 5.89 Å². The van der Waals surface area contributed by atoms with Crippen molar-refractivity contribution in [3.05, 3.63) is 101 Å². The molecule has 0 atom stereocenters. The van der Waals surface area contributed by atoms with Gasteiger partial charge in [0, 0.05) is 42.5 Å². The molecular formula is C30H27ClN8O2. The van der Waals surface area contributed by atoms with Crippen LogP contribution < -0.4 is 5.73 Å². The summed E-state index contributed by atoms with van der Waals surface area (Å²) < 4.78 is 7.73. The number of anilines is 1. The normalized spacial score (nSPS) is 11.8. The van der Waals surface area contributed by atoms with Gasteiger partial charge in [0.15, 0.2) is 0 Å². The molecule has 0 saturated carbocycles. The Bertz CT molecular complexity index is 1890. The van der Waals surface area contributed by atoms with E-state index in [0.29, 0.717) is 57.1 Å². The van der Waals surface area contributed by atoms with E-state index >= 15 is 0 Å². The van der Waals surface area contributed by atoms with Crippen LogP contribution in [0.5, 0.6) is 0 Å². The second-order valence-corrected chi connectivity index (χ2v) is 10.7. The van der Waals surface area contributed by atoms with Crippen LogP contribution in [0.15, 0.2) is 71.5 Å². The molecule has 206 valence electrons. The second kappa shape index (κ2) is 10.4. The first-order valence-corrected chi connectivity index (χ1v) is 13.4. The van der Waals surface area contributed by atoms with Crippen molar-refractivity contribution in [1.29, 1.82) is 0 Å². The predicted molar refractivity (Wildman–Crippen MR) is 156 cm³/mol. The van der Waals surface area contributed by atoms with Gasteiger partial charge in [0.25, 0.3) is 0 Å². The van der Waals surface area contributed by atoms with Crippen LogP contribution in [-0.2, 0) is 25.5 Å². The summed E-state index contributed by atoms with van der Waals surface area (Å²) >= 11 is 6.62. The number of aromatic nitrogens is 7. The number of aryl methyl sites for hydroxylation is 1. The number of nitrogens with zero attached hydrogens (tertiary/aromatic N) is 7. The third kappa shape index (κ3) is 5.52. The number of hydrogen-bond acceptors (Lipinski definition) is 9. The molecule has 41 heavy (non-hydrogen) atoms. The molecule has 0 aliphatic carbocycles. The van der Waals surface area contributed by atoms with Gasteiger partial charge < -0.3 is 15.3 Å². The molecule has 1 aromatic carbocycles. The first kappa shape index (κ1) is 26.5. The molecular weight excluding hydrogens is 540 g/mol. The Labute approximate surface area is 240 Å². The average molecular weight is 567 g/mol. The van der Waals surface area contributed by atoms with Crippen molar-refractivity contribution in [2.24, 2.45) is 7.05 Å². The lowest BCUT2D eigenvalue weighted by Gasteiger charge is -2.16. The van der Waals surface area contributed by atoms with Gasteiger partial charge in [-0.25, -0.2) is 15.0 Å². The number of oxazole rings is 1. The minimum absolute atomic E-state index is 0.230. The molecule has 6 rings (SSSR count). The van der Waals surface area contributed by atoms with Gasteiger partial charge in [-0.1, -0.05) is 23.7 Å². The lowest BCUT2D eigenvalue weighted by molar-refractivity contribution is 0.0736. The van der Waals surface area contributed by atoms with E-state index in [9.17, 15) is 5.11 Å². The largest absolute Gasteiger partial charge is 0.445 e. The fourth-order valence-electron chi connectivity index (χ4n) is 4.57. The molecule has 6 aromatic rings. The Morgan fingerprint density at radius 3 is 2.63 bits per heavy atom. The van der Waals surface area contributed by atoms with Gasteiger partial charge in [-0.2, -0.15) is 5.10 Å². The van der Waals surface area contributed by atoms with Gasteiger partial charge in [-0.15, -0.1) is 0 Å². The number of rotatable bonds is 7. The van der Waals surface area contributed by atoms with Crippen molar-refractivity contribution >= 4 is 28.3 Å². The summed E-state index contributed by atoms with van der Waals surface area (Å²) in [7, 11) is 1.84. The maximum atomic E-state index is 10.3. The highest BCUT2D eigenvalue weighted by Gasteiger charge is 2.21. The van der Waals surface area contributed by atoms with Crippen molar-refractivity contribution in [1.82, 2.24) is 34.7 Å². The molecule has 5 aromatic heterocycles. The summed E-state index contributed by atoms with van der Waals surface area (Å²) in [6.45, 7) is 3.40. The van der Waals surface area contributed by atoms with Gasteiger partial charge in [0.1, 0.15) is 28.6 Å². The van der Waals surface area contributed by atoms with Crippen LogP contribution in [0, 0.1) is 0 Å². The molecule has 3 N–H and O–H groups in total. The number of hydrogen-bond donors (Lipinski definition) is 2. The second-order valence-electron chi connectivity index (χ2n) is 10.3. The molecule has 11 heteroatoms. The first-order chi connectivity index (χ1) is 19.6. The number of aliphatic hydroxyl groups is 1. The number of pyridine rings is 2. The molecule has 0 spiro atoms. The van der Waals surface area contributed by atoms with Crippen LogP contribution in [0.3, 0.4) is 0 Å². The number of nitrogens with two attached hydrogens (primary N) is 1. The standard InChI is InChI=1S/C30H27ClN8O2/c1-30(2,40)24-8-4-7-19(35-24)14-20-16-34-25(41-20)15-23-29(32)37-28(22-9-11-39(3)38-22)27(36-23)18-12-17-6-5-10-33-26(17)21(31)13-18/h4-13,16,40H,14-15H2,1-3H3,(H2,32,37). The van der Waals surface area contributed by atoms with Crippen molar-refractivity contribution in [3.8, 4) is 22.6 Å². The van der Waals surface area contributed by atoms with Crippen molar-refractivity contribution in [2.75, 3.05) is 5.73 Å². The van der Waals surface area contributed by atoms with E-state index in [1.807, 2.05) is 55.7 Å². The van der Waals surface area contributed by atoms with E-state index < -0.39 is 5.60 Å². The maximum Gasteiger partial charge on any atom is 0.200 e. The van der Waals surface area contributed by atoms with Gasteiger partial charge in [0.05, 0.1) is 40.2 Å². The molecule has 0 amide bonds. The van der Waals surface area contributed by atoms with Gasteiger partial charge in [-0.3, -0.25) is 14.6 Å². The summed E-state index contributed by atoms with van der Waals surface area (Å²) in [6.07, 6.45) is 5.86. The topological polar surface area (TPSA) is 142 Å². The fourth-order valence-corrected chi connectivity index (χ4v) is 4.85. The molecule has 0 bridgehead atoms. The highest BCUT2D eigenvalue weighted by Crippen LogP contribution is 2.34. The van der Waals surface area contributed by atoms with E-state index in [2.05, 4.69) is 20.1 Å². The molecule has 0 aliphatic rings. The van der Waals surface area contributed by atoms with E-state index in [-0.39, 0.29) is 12.2 Å².